The maximum Gasteiger partial charge on any atom is 0.410 e. The number of aromatic amines is 1. The Morgan fingerprint density at radius 3 is 2.65 bits per heavy atom. The Morgan fingerprint density at radius 1 is 1.38 bits per heavy atom. The van der Waals surface area contributed by atoms with Crippen LogP contribution in [-0.4, -0.2) is 58.1 Å². The van der Waals surface area contributed by atoms with Crippen LogP contribution in [0.4, 0.5) is 10.6 Å². The molecule has 1 N–H and O–H groups in total. The molecule has 1 aromatic heterocycles. The molecule has 3 heterocycles. The molecule has 0 radical (unpaired) electrons. The molecule has 1 unspecified atom stereocenters. The predicted octanol–water partition coefficient (Wildman–Crippen LogP) is 2.81. The zero-order valence-electron chi connectivity index (χ0n) is 15.7. The third kappa shape index (κ3) is 4.34. The number of likely N-dealkylation sites (tertiary alicyclic amines) is 1. The third-order valence-electron chi connectivity index (χ3n) is 4.91. The van der Waals surface area contributed by atoms with Gasteiger partial charge < -0.3 is 9.64 Å². The lowest BCUT2D eigenvalue weighted by molar-refractivity contribution is -0.117. The number of hydrogen-bond acceptors (Lipinski definition) is 5. The number of carbonyl (C=O) groups is 2. The Morgan fingerprint density at radius 2 is 2.08 bits per heavy atom. The SMILES string of the molecule is CC(C)(C)OC(=O)N1CCC(c2cc(N3CC(CS)CC3=O)n[nH]2)CC1. The largest absolute Gasteiger partial charge is 0.444 e. The van der Waals surface area contributed by atoms with Crippen molar-refractivity contribution in [2.45, 2.75) is 51.6 Å². The second-order valence-electron chi connectivity index (χ2n) is 8.18. The molecule has 0 spiro atoms. The van der Waals surface area contributed by atoms with Crippen molar-refractivity contribution in [3.8, 4) is 0 Å². The fourth-order valence-corrected chi connectivity index (χ4v) is 3.74. The molecule has 0 aliphatic carbocycles. The predicted molar refractivity (Wildman–Crippen MR) is 103 cm³/mol. The first-order valence-corrected chi connectivity index (χ1v) is 9.84. The molecule has 2 saturated heterocycles. The second kappa shape index (κ2) is 7.50. The lowest BCUT2D eigenvalue weighted by Gasteiger charge is -2.33. The van der Waals surface area contributed by atoms with E-state index >= 15 is 0 Å². The Labute approximate surface area is 159 Å². The van der Waals surface area contributed by atoms with Crippen molar-refractivity contribution in [1.82, 2.24) is 15.1 Å². The molecule has 0 aromatic carbocycles. The smallest absolute Gasteiger partial charge is 0.410 e. The first-order chi connectivity index (χ1) is 12.3. The van der Waals surface area contributed by atoms with Gasteiger partial charge in [-0.1, -0.05) is 0 Å². The number of nitrogens with zero attached hydrogens (tertiary/aromatic N) is 3. The molecule has 26 heavy (non-hydrogen) atoms. The number of piperidine rings is 1. The average molecular weight is 381 g/mol. The van der Waals surface area contributed by atoms with Gasteiger partial charge in [0.05, 0.1) is 0 Å². The zero-order valence-corrected chi connectivity index (χ0v) is 16.6. The molecule has 2 aliphatic rings. The molecule has 144 valence electrons. The Kier molecular flexibility index (Phi) is 5.50. The molecule has 7 nitrogen and oxygen atoms in total. The van der Waals surface area contributed by atoms with Crippen LogP contribution in [0.2, 0.25) is 0 Å². The Bertz CT molecular complexity index is 662. The molecule has 2 fully saturated rings. The average Bonchev–Trinajstić information content (AvgIpc) is 3.19. The summed E-state index contributed by atoms with van der Waals surface area (Å²) in [4.78, 5) is 27.8. The maximum atomic E-state index is 12.2. The molecule has 2 amide bonds. The summed E-state index contributed by atoms with van der Waals surface area (Å²) in [5, 5.41) is 7.44. The number of thiol groups is 1. The van der Waals surface area contributed by atoms with E-state index in [1.807, 2.05) is 26.8 Å². The van der Waals surface area contributed by atoms with E-state index in [1.54, 1.807) is 9.80 Å². The van der Waals surface area contributed by atoms with Gasteiger partial charge in [0.1, 0.15) is 5.60 Å². The second-order valence-corrected chi connectivity index (χ2v) is 8.55. The van der Waals surface area contributed by atoms with E-state index in [0.29, 0.717) is 49.5 Å². The Hall–Kier alpha value is -1.70. The third-order valence-corrected chi connectivity index (χ3v) is 5.43. The lowest BCUT2D eigenvalue weighted by atomic mass is 9.94. The van der Waals surface area contributed by atoms with E-state index in [-0.39, 0.29) is 12.0 Å². The first-order valence-electron chi connectivity index (χ1n) is 9.21. The Balaban J connectivity index is 1.57. The summed E-state index contributed by atoms with van der Waals surface area (Å²) in [7, 11) is 0. The minimum atomic E-state index is -0.473. The van der Waals surface area contributed by atoms with Gasteiger partial charge in [0.2, 0.25) is 5.91 Å². The van der Waals surface area contributed by atoms with E-state index < -0.39 is 5.60 Å². The molecule has 0 saturated carbocycles. The van der Waals surface area contributed by atoms with Gasteiger partial charge in [-0.15, -0.1) is 0 Å². The van der Waals surface area contributed by atoms with Crippen LogP contribution in [0, 0.1) is 5.92 Å². The summed E-state index contributed by atoms with van der Waals surface area (Å²) in [6.45, 7) is 7.64. The number of ether oxygens (including phenoxy) is 1. The number of aromatic nitrogens is 2. The highest BCUT2D eigenvalue weighted by Gasteiger charge is 2.32. The van der Waals surface area contributed by atoms with E-state index in [2.05, 4.69) is 22.8 Å². The van der Waals surface area contributed by atoms with Crippen LogP contribution in [0.15, 0.2) is 6.07 Å². The number of carbonyl (C=O) groups excluding carboxylic acids is 2. The summed E-state index contributed by atoms with van der Waals surface area (Å²) in [6.07, 6.45) is 2.00. The maximum absolute atomic E-state index is 12.2. The van der Waals surface area contributed by atoms with Crippen LogP contribution in [0.3, 0.4) is 0 Å². The number of anilines is 1. The topological polar surface area (TPSA) is 78.5 Å². The number of hydrogen-bond donors (Lipinski definition) is 2. The first kappa shape index (κ1) is 19.1. The fraction of sp³-hybridized carbons (Fsp3) is 0.722. The van der Waals surface area contributed by atoms with Crippen molar-refractivity contribution in [2.75, 3.05) is 30.3 Å². The van der Waals surface area contributed by atoms with E-state index in [4.69, 9.17) is 4.74 Å². The number of rotatable bonds is 3. The molecule has 1 atom stereocenters. The monoisotopic (exact) mass is 380 g/mol. The van der Waals surface area contributed by atoms with Crippen LogP contribution in [0.1, 0.15) is 51.6 Å². The van der Waals surface area contributed by atoms with Crippen LogP contribution in [-0.2, 0) is 9.53 Å². The van der Waals surface area contributed by atoms with E-state index in [9.17, 15) is 9.59 Å². The van der Waals surface area contributed by atoms with Crippen molar-refractivity contribution in [3.63, 3.8) is 0 Å². The van der Waals surface area contributed by atoms with Crippen molar-refractivity contribution in [2.24, 2.45) is 5.92 Å². The summed E-state index contributed by atoms with van der Waals surface area (Å²) in [5.41, 5.74) is 0.560. The number of H-pyrrole nitrogens is 1. The normalized spacial score (nSPS) is 22.2. The molecule has 1 aromatic rings. The van der Waals surface area contributed by atoms with Gasteiger partial charge in [0.15, 0.2) is 5.82 Å². The van der Waals surface area contributed by atoms with Gasteiger partial charge in [-0.3, -0.25) is 14.8 Å². The quantitative estimate of drug-likeness (QED) is 0.791. The van der Waals surface area contributed by atoms with Crippen LogP contribution in [0.25, 0.3) is 0 Å². The fourth-order valence-electron chi connectivity index (χ4n) is 3.50. The van der Waals surface area contributed by atoms with Gasteiger partial charge in [0.25, 0.3) is 0 Å². The minimum absolute atomic E-state index is 0.113. The molecular formula is C18H28N4O3S. The van der Waals surface area contributed by atoms with Crippen LogP contribution >= 0.6 is 12.6 Å². The van der Waals surface area contributed by atoms with Crippen LogP contribution in [0.5, 0.6) is 0 Å². The van der Waals surface area contributed by atoms with Gasteiger partial charge in [0, 0.05) is 43.7 Å². The highest BCUT2D eigenvalue weighted by molar-refractivity contribution is 7.80. The van der Waals surface area contributed by atoms with Gasteiger partial charge in [-0.05, 0) is 45.3 Å². The summed E-state index contributed by atoms with van der Waals surface area (Å²) in [5.74, 6) is 2.13. The van der Waals surface area contributed by atoms with Crippen molar-refractivity contribution in [3.05, 3.63) is 11.8 Å². The van der Waals surface area contributed by atoms with Gasteiger partial charge in [-0.2, -0.15) is 17.7 Å². The summed E-state index contributed by atoms with van der Waals surface area (Å²) < 4.78 is 5.44. The molecule has 2 aliphatic heterocycles. The van der Waals surface area contributed by atoms with E-state index in [0.717, 1.165) is 18.5 Å². The van der Waals surface area contributed by atoms with E-state index in [1.165, 1.54) is 0 Å². The highest BCUT2D eigenvalue weighted by atomic mass is 32.1. The van der Waals surface area contributed by atoms with Gasteiger partial charge in [-0.25, -0.2) is 4.79 Å². The van der Waals surface area contributed by atoms with Gasteiger partial charge >= 0.3 is 6.09 Å². The number of amides is 2. The van der Waals surface area contributed by atoms with Crippen molar-refractivity contribution in [1.29, 1.82) is 0 Å². The van der Waals surface area contributed by atoms with Crippen molar-refractivity contribution >= 4 is 30.4 Å². The standard InChI is InChI=1S/C18H28N4O3S/c1-18(2,3)25-17(24)21-6-4-13(5-7-21)14-9-15(20-19-14)22-10-12(11-26)8-16(22)23/h9,12-13,26H,4-8,10-11H2,1-3H3,(H,19,20). The summed E-state index contributed by atoms with van der Waals surface area (Å²) >= 11 is 4.30. The lowest BCUT2D eigenvalue weighted by Crippen LogP contribution is -2.41. The van der Waals surface area contributed by atoms with Crippen molar-refractivity contribution < 1.29 is 14.3 Å². The molecular weight excluding hydrogens is 352 g/mol. The highest BCUT2D eigenvalue weighted by Crippen LogP contribution is 2.31. The van der Waals surface area contributed by atoms with Crippen LogP contribution < -0.4 is 4.90 Å². The molecule has 3 rings (SSSR count). The zero-order chi connectivity index (χ0) is 18.9. The number of nitrogens with one attached hydrogen (secondary N) is 1. The minimum Gasteiger partial charge on any atom is -0.444 e. The molecule has 8 heteroatoms. The molecule has 0 bridgehead atoms. The summed E-state index contributed by atoms with van der Waals surface area (Å²) in [6, 6.07) is 1.98.